The first-order valence-corrected chi connectivity index (χ1v) is 6.44. The third-order valence-corrected chi connectivity index (χ3v) is 2.97. The Hall–Kier alpha value is -1.82. The fourth-order valence-corrected chi connectivity index (χ4v) is 1.91. The van der Waals surface area contributed by atoms with E-state index in [2.05, 4.69) is 10.6 Å². The standard InChI is InChI=1S/C13H18N2O4/c16-12(15-8-11-2-1-6-19-11)3-5-14-13(17)10-4-7-18-9-10/h4,7,9,11H,1-3,5-6,8H2,(H,14,17)(H,15,16). The SMILES string of the molecule is O=C(CCNC(=O)c1ccoc1)NCC1CCCO1. The quantitative estimate of drug-likeness (QED) is 0.794. The number of carbonyl (C=O) groups excluding carboxylic acids is 2. The molecule has 2 N–H and O–H groups in total. The second kappa shape index (κ2) is 6.94. The van der Waals surface area contributed by atoms with Crippen molar-refractivity contribution in [1.29, 1.82) is 0 Å². The summed E-state index contributed by atoms with van der Waals surface area (Å²) in [6.45, 7) is 1.64. The molecule has 6 heteroatoms. The Morgan fingerprint density at radius 1 is 1.37 bits per heavy atom. The van der Waals surface area contributed by atoms with Gasteiger partial charge >= 0.3 is 0 Å². The van der Waals surface area contributed by atoms with Gasteiger partial charge < -0.3 is 19.8 Å². The van der Waals surface area contributed by atoms with E-state index in [1.54, 1.807) is 6.07 Å². The maximum atomic E-state index is 11.5. The van der Waals surface area contributed by atoms with Crippen LogP contribution in [0, 0.1) is 0 Å². The number of furan rings is 1. The number of amides is 2. The van der Waals surface area contributed by atoms with E-state index < -0.39 is 0 Å². The van der Waals surface area contributed by atoms with Gasteiger partial charge in [0.05, 0.1) is 17.9 Å². The summed E-state index contributed by atoms with van der Waals surface area (Å²) in [4.78, 5) is 23.1. The Morgan fingerprint density at radius 2 is 2.26 bits per heavy atom. The number of hydrogen-bond acceptors (Lipinski definition) is 4. The van der Waals surface area contributed by atoms with Gasteiger partial charge in [0.25, 0.3) is 5.91 Å². The zero-order valence-corrected chi connectivity index (χ0v) is 10.7. The largest absolute Gasteiger partial charge is 0.472 e. The summed E-state index contributed by atoms with van der Waals surface area (Å²) < 4.78 is 10.2. The molecular formula is C13H18N2O4. The topological polar surface area (TPSA) is 80.6 Å². The van der Waals surface area contributed by atoms with Gasteiger partial charge in [-0.15, -0.1) is 0 Å². The molecule has 2 heterocycles. The van der Waals surface area contributed by atoms with Crippen molar-refractivity contribution >= 4 is 11.8 Å². The van der Waals surface area contributed by atoms with E-state index in [0.29, 0.717) is 18.7 Å². The van der Waals surface area contributed by atoms with Gasteiger partial charge in [-0.3, -0.25) is 9.59 Å². The van der Waals surface area contributed by atoms with Crippen molar-refractivity contribution in [3.05, 3.63) is 24.2 Å². The molecule has 1 fully saturated rings. The number of rotatable bonds is 6. The molecule has 1 unspecified atom stereocenters. The molecule has 0 saturated carbocycles. The van der Waals surface area contributed by atoms with Crippen LogP contribution in [-0.4, -0.2) is 37.6 Å². The van der Waals surface area contributed by atoms with E-state index in [4.69, 9.17) is 9.15 Å². The van der Waals surface area contributed by atoms with Crippen molar-refractivity contribution < 1.29 is 18.7 Å². The van der Waals surface area contributed by atoms with Crippen LogP contribution in [-0.2, 0) is 9.53 Å². The van der Waals surface area contributed by atoms with Crippen LogP contribution in [0.25, 0.3) is 0 Å². The van der Waals surface area contributed by atoms with Crippen LogP contribution in [0.3, 0.4) is 0 Å². The molecule has 1 aliphatic heterocycles. The van der Waals surface area contributed by atoms with Crippen LogP contribution in [0.1, 0.15) is 29.6 Å². The Labute approximate surface area is 111 Å². The summed E-state index contributed by atoms with van der Waals surface area (Å²) in [6, 6.07) is 1.58. The van der Waals surface area contributed by atoms with E-state index in [1.165, 1.54) is 12.5 Å². The normalized spacial score (nSPS) is 18.2. The molecule has 1 atom stereocenters. The summed E-state index contributed by atoms with van der Waals surface area (Å²) in [6.07, 6.45) is 5.26. The van der Waals surface area contributed by atoms with Crippen molar-refractivity contribution in [2.24, 2.45) is 0 Å². The summed E-state index contributed by atoms with van der Waals surface area (Å²) >= 11 is 0. The molecule has 0 spiro atoms. The average Bonchev–Trinajstić information content (AvgIpc) is 3.09. The first-order valence-electron chi connectivity index (χ1n) is 6.44. The first kappa shape index (κ1) is 13.6. The van der Waals surface area contributed by atoms with Gasteiger partial charge in [0.1, 0.15) is 6.26 Å². The van der Waals surface area contributed by atoms with Gasteiger partial charge in [-0.1, -0.05) is 0 Å². The summed E-state index contributed by atoms with van der Waals surface area (Å²) in [5.74, 6) is -0.316. The van der Waals surface area contributed by atoms with Crippen molar-refractivity contribution in [2.45, 2.75) is 25.4 Å². The number of carbonyl (C=O) groups is 2. The van der Waals surface area contributed by atoms with Crippen LogP contribution < -0.4 is 10.6 Å². The molecule has 1 aliphatic rings. The highest BCUT2D eigenvalue weighted by Crippen LogP contribution is 2.10. The van der Waals surface area contributed by atoms with Gasteiger partial charge in [-0.05, 0) is 18.9 Å². The van der Waals surface area contributed by atoms with Gasteiger partial charge in [0, 0.05) is 26.1 Å². The van der Waals surface area contributed by atoms with E-state index >= 15 is 0 Å². The predicted molar refractivity (Wildman–Crippen MR) is 67.6 cm³/mol. The summed E-state index contributed by atoms with van der Waals surface area (Å²) in [5, 5.41) is 5.45. The average molecular weight is 266 g/mol. The molecule has 1 saturated heterocycles. The fraction of sp³-hybridized carbons (Fsp3) is 0.538. The van der Waals surface area contributed by atoms with Gasteiger partial charge in [-0.25, -0.2) is 0 Å². The highest BCUT2D eigenvalue weighted by Gasteiger charge is 2.16. The maximum absolute atomic E-state index is 11.5. The fourth-order valence-electron chi connectivity index (χ4n) is 1.91. The highest BCUT2D eigenvalue weighted by molar-refractivity contribution is 5.93. The van der Waals surface area contributed by atoms with Crippen LogP contribution in [0.2, 0.25) is 0 Å². The maximum Gasteiger partial charge on any atom is 0.254 e. The molecule has 1 aromatic rings. The zero-order chi connectivity index (χ0) is 13.5. The second-order valence-electron chi connectivity index (χ2n) is 4.46. The van der Waals surface area contributed by atoms with Crippen molar-refractivity contribution in [3.8, 4) is 0 Å². The zero-order valence-electron chi connectivity index (χ0n) is 10.7. The third-order valence-electron chi connectivity index (χ3n) is 2.97. The second-order valence-corrected chi connectivity index (χ2v) is 4.46. The molecule has 0 aromatic carbocycles. The van der Waals surface area contributed by atoms with Crippen molar-refractivity contribution in [2.75, 3.05) is 19.7 Å². The molecule has 0 bridgehead atoms. The lowest BCUT2D eigenvalue weighted by atomic mass is 10.2. The lowest BCUT2D eigenvalue weighted by molar-refractivity contribution is -0.121. The minimum Gasteiger partial charge on any atom is -0.472 e. The molecule has 2 rings (SSSR count). The lowest BCUT2D eigenvalue weighted by Crippen LogP contribution is -2.34. The van der Waals surface area contributed by atoms with E-state index in [0.717, 1.165) is 19.4 Å². The smallest absolute Gasteiger partial charge is 0.254 e. The number of ether oxygens (including phenoxy) is 1. The summed E-state index contributed by atoms with van der Waals surface area (Å²) in [5.41, 5.74) is 0.458. The summed E-state index contributed by atoms with van der Waals surface area (Å²) in [7, 11) is 0. The molecule has 0 aliphatic carbocycles. The van der Waals surface area contributed by atoms with Crippen LogP contribution in [0.5, 0.6) is 0 Å². The Balaban J connectivity index is 1.57. The third kappa shape index (κ3) is 4.40. The minimum atomic E-state index is -0.235. The van der Waals surface area contributed by atoms with E-state index in [-0.39, 0.29) is 24.3 Å². The van der Waals surface area contributed by atoms with Gasteiger partial charge in [0.2, 0.25) is 5.91 Å². The number of nitrogens with one attached hydrogen (secondary N) is 2. The van der Waals surface area contributed by atoms with E-state index in [1.807, 2.05) is 0 Å². The number of hydrogen-bond donors (Lipinski definition) is 2. The molecule has 19 heavy (non-hydrogen) atoms. The van der Waals surface area contributed by atoms with Gasteiger partial charge in [0.15, 0.2) is 0 Å². The van der Waals surface area contributed by atoms with Gasteiger partial charge in [-0.2, -0.15) is 0 Å². The first-order chi connectivity index (χ1) is 9.25. The van der Waals surface area contributed by atoms with Crippen LogP contribution >= 0.6 is 0 Å². The molecular weight excluding hydrogens is 248 g/mol. The van der Waals surface area contributed by atoms with Crippen LogP contribution in [0.4, 0.5) is 0 Å². The predicted octanol–water partition coefficient (Wildman–Crippen LogP) is 0.695. The molecule has 0 radical (unpaired) electrons. The van der Waals surface area contributed by atoms with E-state index in [9.17, 15) is 9.59 Å². The van der Waals surface area contributed by atoms with Crippen molar-refractivity contribution in [1.82, 2.24) is 10.6 Å². The van der Waals surface area contributed by atoms with Crippen molar-refractivity contribution in [3.63, 3.8) is 0 Å². The highest BCUT2D eigenvalue weighted by atomic mass is 16.5. The van der Waals surface area contributed by atoms with Crippen LogP contribution in [0.15, 0.2) is 23.0 Å². The Kier molecular flexibility index (Phi) is 4.97. The molecule has 6 nitrogen and oxygen atoms in total. The monoisotopic (exact) mass is 266 g/mol. The molecule has 2 amide bonds. The molecule has 104 valence electrons. The Morgan fingerprint density at radius 3 is 2.95 bits per heavy atom. The molecule has 1 aromatic heterocycles. The minimum absolute atomic E-state index is 0.0806. The lowest BCUT2D eigenvalue weighted by Gasteiger charge is -2.10. The Bertz CT molecular complexity index is 410.